The van der Waals surface area contributed by atoms with Crippen molar-refractivity contribution < 1.29 is 4.74 Å². The summed E-state index contributed by atoms with van der Waals surface area (Å²) in [7, 11) is 0. The van der Waals surface area contributed by atoms with Gasteiger partial charge in [0.05, 0.1) is 18.3 Å². The lowest BCUT2D eigenvalue weighted by Crippen LogP contribution is -2.26. The maximum Gasteiger partial charge on any atom is 0.143 e. The molecular weight excluding hydrogens is 162 g/mol. The number of ether oxygens (including phenoxy) is 1. The summed E-state index contributed by atoms with van der Waals surface area (Å²) in [4.78, 5) is 0. The largest absolute Gasteiger partial charge is 0.373 e. The maximum absolute atomic E-state index is 8.34. The number of hydrogen-bond donors (Lipinski definition) is 0. The van der Waals surface area contributed by atoms with Crippen LogP contribution in [-0.2, 0) is 4.74 Å². The molecule has 0 saturated heterocycles. The van der Waals surface area contributed by atoms with Gasteiger partial charge in [-0.25, -0.2) is 0 Å². The number of nitriles is 1. The smallest absolute Gasteiger partial charge is 0.143 e. The molecule has 0 radical (unpaired) electrons. The third-order valence-corrected chi connectivity index (χ3v) is 1.84. The van der Waals surface area contributed by atoms with Crippen LogP contribution >= 0.6 is 11.6 Å². The van der Waals surface area contributed by atoms with Crippen molar-refractivity contribution in [2.24, 2.45) is 0 Å². The van der Waals surface area contributed by atoms with Gasteiger partial charge in [-0.2, -0.15) is 5.26 Å². The third kappa shape index (κ3) is 5.06. The molecule has 0 aliphatic carbocycles. The molecule has 0 bridgehead atoms. The molecule has 0 aliphatic heterocycles. The third-order valence-electron chi connectivity index (χ3n) is 1.61. The molecule has 0 amide bonds. The summed E-state index contributed by atoms with van der Waals surface area (Å²) in [6.07, 6.45) is 0.919. The fraction of sp³-hybridized carbons (Fsp3) is 0.875. The van der Waals surface area contributed by atoms with E-state index in [9.17, 15) is 0 Å². The first kappa shape index (κ1) is 10.7. The van der Waals surface area contributed by atoms with Crippen LogP contribution in [0.15, 0.2) is 0 Å². The van der Waals surface area contributed by atoms with E-state index in [1.54, 1.807) is 0 Å². The van der Waals surface area contributed by atoms with Crippen molar-refractivity contribution >= 4 is 11.6 Å². The van der Waals surface area contributed by atoms with Gasteiger partial charge in [0.25, 0.3) is 0 Å². The van der Waals surface area contributed by atoms with Gasteiger partial charge >= 0.3 is 0 Å². The van der Waals surface area contributed by atoms with Crippen LogP contribution in [-0.4, -0.2) is 17.6 Å². The molecule has 0 saturated carbocycles. The van der Waals surface area contributed by atoms with Gasteiger partial charge in [0.15, 0.2) is 0 Å². The Balaban J connectivity index is 3.63. The maximum atomic E-state index is 8.34. The Morgan fingerprint density at radius 2 is 2.18 bits per heavy atom. The summed E-state index contributed by atoms with van der Waals surface area (Å²) in [5.41, 5.74) is -0.163. The van der Waals surface area contributed by atoms with E-state index in [2.05, 4.69) is 0 Å². The summed E-state index contributed by atoms with van der Waals surface area (Å²) in [5, 5.41) is 7.82. The quantitative estimate of drug-likeness (QED) is 0.615. The van der Waals surface area contributed by atoms with Gasteiger partial charge in [0.1, 0.15) is 5.38 Å². The predicted octanol–water partition coefficient (Wildman–Crippen LogP) is 2.32. The summed E-state index contributed by atoms with van der Waals surface area (Å²) in [5.74, 6) is 0. The predicted molar refractivity (Wildman–Crippen MR) is 45.6 cm³/mol. The van der Waals surface area contributed by atoms with Crippen LogP contribution < -0.4 is 0 Å². The van der Waals surface area contributed by atoms with Crippen molar-refractivity contribution in [2.45, 2.75) is 38.2 Å². The van der Waals surface area contributed by atoms with Gasteiger partial charge in [-0.1, -0.05) is 6.92 Å². The Labute approximate surface area is 73.1 Å². The van der Waals surface area contributed by atoms with E-state index in [1.807, 2.05) is 26.8 Å². The van der Waals surface area contributed by atoms with Crippen LogP contribution in [0, 0.1) is 11.3 Å². The van der Waals surface area contributed by atoms with E-state index in [-0.39, 0.29) is 5.60 Å². The van der Waals surface area contributed by atoms with Crippen LogP contribution in [0.25, 0.3) is 0 Å². The monoisotopic (exact) mass is 175 g/mol. The molecule has 1 atom stereocenters. The highest BCUT2D eigenvalue weighted by Gasteiger charge is 2.16. The topological polar surface area (TPSA) is 33.0 Å². The number of halogens is 1. The molecule has 3 heteroatoms. The fourth-order valence-electron chi connectivity index (χ4n) is 0.438. The summed E-state index contributed by atoms with van der Waals surface area (Å²) >= 11 is 5.54. The first-order valence-electron chi connectivity index (χ1n) is 3.69. The molecule has 0 aliphatic rings. The normalized spacial score (nSPS) is 14.1. The molecule has 0 heterocycles. The van der Waals surface area contributed by atoms with Crippen LogP contribution in [0.3, 0.4) is 0 Å². The van der Waals surface area contributed by atoms with Crippen molar-refractivity contribution in [2.75, 3.05) is 6.61 Å². The zero-order valence-electron chi connectivity index (χ0n) is 7.22. The van der Waals surface area contributed by atoms with Crippen molar-refractivity contribution in [3.63, 3.8) is 0 Å². The zero-order valence-corrected chi connectivity index (χ0v) is 7.98. The van der Waals surface area contributed by atoms with Gasteiger partial charge in [0.2, 0.25) is 0 Å². The molecule has 0 N–H and O–H groups in total. The van der Waals surface area contributed by atoms with E-state index in [1.165, 1.54) is 0 Å². The van der Waals surface area contributed by atoms with Gasteiger partial charge in [-0.05, 0) is 20.3 Å². The highest BCUT2D eigenvalue weighted by Crippen LogP contribution is 2.14. The highest BCUT2D eigenvalue weighted by atomic mass is 35.5. The van der Waals surface area contributed by atoms with Gasteiger partial charge in [0, 0.05) is 0 Å². The SMILES string of the molecule is CCC(C)(C)OCC(Cl)C#N. The minimum atomic E-state index is -0.527. The van der Waals surface area contributed by atoms with Crippen LogP contribution in [0.1, 0.15) is 27.2 Å². The van der Waals surface area contributed by atoms with E-state index in [4.69, 9.17) is 21.6 Å². The summed E-state index contributed by atoms with van der Waals surface area (Å²) < 4.78 is 5.38. The molecule has 64 valence electrons. The number of hydrogen-bond acceptors (Lipinski definition) is 2. The summed E-state index contributed by atoms with van der Waals surface area (Å²) in [6.45, 7) is 6.30. The van der Waals surface area contributed by atoms with Gasteiger partial charge in [-0.3, -0.25) is 0 Å². The molecule has 0 rings (SSSR count). The Morgan fingerprint density at radius 1 is 1.64 bits per heavy atom. The number of nitrogens with zero attached hydrogens (tertiary/aromatic N) is 1. The second kappa shape index (κ2) is 4.58. The van der Waals surface area contributed by atoms with Crippen molar-refractivity contribution in [1.82, 2.24) is 0 Å². The average molecular weight is 176 g/mol. The molecule has 11 heavy (non-hydrogen) atoms. The molecule has 0 aromatic heterocycles. The lowest BCUT2D eigenvalue weighted by atomic mass is 10.1. The first-order valence-corrected chi connectivity index (χ1v) is 4.13. The highest BCUT2D eigenvalue weighted by molar-refractivity contribution is 6.22. The Hall–Kier alpha value is -0.260. The van der Waals surface area contributed by atoms with E-state index in [0.29, 0.717) is 6.61 Å². The van der Waals surface area contributed by atoms with E-state index >= 15 is 0 Å². The standard InChI is InChI=1S/C8H14ClNO/c1-4-8(2,3)11-6-7(9)5-10/h7H,4,6H2,1-3H3. The second-order valence-electron chi connectivity index (χ2n) is 3.02. The summed E-state index contributed by atoms with van der Waals surface area (Å²) in [6, 6.07) is 1.90. The minimum Gasteiger partial charge on any atom is -0.373 e. The zero-order chi connectivity index (χ0) is 8.91. The van der Waals surface area contributed by atoms with Crippen LogP contribution in [0.5, 0.6) is 0 Å². The first-order chi connectivity index (χ1) is 5.02. The van der Waals surface area contributed by atoms with Crippen LogP contribution in [0.2, 0.25) is 0 Å². The molecule has 0 aromatic carbocycles. The van der Waals surface area contributed by atoms with Gasteiger partial charge < -0.3 is 4.74 Å². The average Bonchev–Trinajstić information content (AvgIpc) is 2.00. The lowest BCUT2D eigenvalue weighted by Gasteiger charge is -2.23. The Kier molecular flexibility index (Phi) is 4.48. The second-order valence-corrected chi connectivity index (χ2v) is 3.55. The molecular formula is C8H14ClNO. The molecule has 0 aromatic rings. The Morgan fingerprint density at radius 3 is 2.55 bits per heavy atom. The minimum absolute atomic E-state index is 0.163. The molecule has 0 fully saturated rings. The van der Waals surface area contributed by atoms with Crippen molar-refractivity contribution in [3.8, 4) is 6.07 Å². The number of alkyl halides is 1. The van der Waals surface area contributed by atoms with Crippen molar-refractivity contribution in [3.05, 3.63) is 0 Å². The Bertz CT molecular complexity index is 151. The van der Waals surface area contributed by atoms with E-state index in [0.717, 1.165) is 6.42 Å². The molecule has 0 spiro atoms. The van der Waals surface area contributed by atoms with E-state index < -0.39 is 5.38 Å². The number of rotatable bonds is 4. The molecule has 1 unspecified atom stereocenters. The van der Waals surface area contributed by atoms with Crippen LogP contribution in [0.4, 0.5) is 0 Å². The molecule has 2 nitrogen and oxygen atoms in total. The van der Waals surface area contributed by atoms with Crippen molar-refractivity contribution in [1.29, 1.82) is 5.26 Å². The van der Waals surface area contributed by atoms with Gasteiger partial charge in [-0.15, -0.1) is 11.6 Å². The fourth-order valence-corrected chi connectivity index (χ4v) is 0.501. The lowest BCUT2D eigenvalue weighted by molar-refractivity contribution is -0.0159.